The van der Waals surface area contributed by atoms with Crippen LogP contribution in [-0.4, -0.2) is 10.2 Å². The molecule has 0 radical (unpaired) electrons. The molecule has 0 aliphatic carbocycles. The van der Waals surface area contributed by atoms with E-state index in [0.29, 0.717) is 6.61 Å². The Morgan fingerprint density at radius 2 is 2.00 bits per heavy atom. The van der Waals surface area contributed by atoms with Crippen molar-refractivity contribution >= 4 is 21.8 Å². The Morgan fingerprint density at radius 1 is 1.40 bits per heavy atom. The first-order valence-corrected chi connectivity index (χ1v) is 5.44. The second kappa shape index (κ2) is 5.28. The van der Waals surface area contributed by atoms with Crippen molar-refractivity contribution in [3.63, 3.8) is 0 Å². The highest BCUT2D eigenvalue weighted by atomic mass is 79.9. The van der Waals surface area contributed by atoms with Gasteiger partial charge in [-0.15, -0.1) is 0 Å². The monoisotopic (exact) mass is 271 g/mol. The molecule has 0 saturated carbocycles. The van der Waals surface area contributed by atoms with Gasteiger partial charge in [0.15, 0.2) is 0 Å². The summed E-state index contributed by atoms with van der Waals surface area (Å²) in [6, 6.07) is 9.66. The highest BCUT2D eigenvalue weighted by Gasteiger charge is 2.23. The van der Waals surface area contributed by atoms with Crippen LogP contribution in [-0.2, 0) is 16.2 Å². The lowest BCUT2D eigenvalue weighted by molar-refractivity contribution is -0.136. The molecule has 1 rings (SSSR count). The topological polar surface area (TPSA) is 38.3 Å². The van der Waals surface area contributed by atoms with E-state index >= 15 is 0 Å². The summed E-state index contributed by atoms with van der Waals surface area (Å²) in [4.78, 5) is 16.5. The molecular formula is C11H14BrNO2. The molecule has 3 nitrogen and oxygen atoms in total. The summed E-state index contributed by atoms with van der Waals surface area (Å²) in [7, 11) is 0. The third-order valence-corrected chi connectivity index (χ3v) is 2.15. The molecular weight excluding hydrogens is 258 g/mol. The average molecular weight is 272 g/mol. The van der Waals surface area contributed by atoms with E-state index in [1.807, 2.05) is 30.3 Å². The van der Waals surface area contributed by atoms with Crippen LogP contribution in [0.15, 0.2) is 30.3 Å². The Morgan fingerprint density at radius 3 is 2.53 bits per heavy atom. The summed E-state index contributed by atoms with van der Waals surface area (Å²) in [5.41, 5.74) is 3.40. The SMILES string of the molecule is CC(C)(Br)C(=O)NOCc1ccccc1. The summed E-state index contributed by atoms with van der Waals surface area (Å²) in [5.74, 6) is -0.196. The number of carbonyl (C=O) groups is 1. The minimum atomic E-state index is -0.607. The van der Waals surface area contributed by atoms with Gasteiger partial charge in [0.05, 0.1) is 6.61 Å². The van der Waals surface area contributed by atoms with E-state index in [1.54, 1.807) is 13.8 Å². The van der Waals surface area contributed by atoms with E-state index < -0.39 is 4.32 Å². The Kier molecular flexibility index (Phi) is 4.29. The first-order valence-electron chi connectivity index (χ1n) is 4.65. The molecule has 0 spiro atoms. The van der Waals surface area contributed by atoms with Gasteiger partial charge in [0.25, 0.3) is 5.91 Å². The number of hydrogen-bond acceptors (Lipinski definition) is 2. The van der Waals surface area contributed by atoms with Gasteiger partial charge >= 0.3 is 0 Å². The largest absolute Gasteiger partial charge is 0.271 e. The van der Waals surface area contributed by atoms with Crippen LogP contribution in [0.25, 0.3) is 0 Å². The first-order chi connectivity index (χ1) is 7.00. The fourth-order valence-corrected chi connectivity index (χ4v) is 0.961. The van der Waals surface area contributed by atoms with Crippen molar-refractivity contribution in [3.05, 3.63) is 35.9 Å². The Bertz CT molecular complexity index is 319. The van der Waals surface area contributed by atoms with Crippen molar-refractivity contribution in [2.75, 3.05) is 0 Å². The molecule has 0 fully saturated rings. The highest BCUT2D eigenvalue weighted by molar-refractivity contribution is 9.10. The Hall–Kier alpha value is -0.870. The molecule has 0 bridgehead atoms. The molecule has 0 heterocycles. The Balaban J connectivity index is 2.32. The van der Waals surface area contributed by atoms with Crippen LogP contribution in [0.1, 0.15) is 19.4 Å². The maximum Gasteiger partial charge on any atom is 0.259 e. The maximum atomic E-state index is 11.4. The zero-order valence-electron chi connectivity index (χ0n) is 8.79. The van der Waals surface area contributed by atoms with Gasteiger partial charge in [-0.2, -0.15) is 0 Å². The standard InChI is InChI=1S/C11H14BrNO2/c1-11(2,12)10(14)13-15-8-9-6-4-3-5-7-9/h3-7H,8H2,1-2H3,(H,13,14). The summed E-state index contributed by atoms with van der Waals surface area (Å²) < 4.78 is -0.607. The molecule has 1 amide bonds. The van der Waals surface area contributed by atoms with Gasteiger partial charge in [-0.3, -0.25) is 9.63 Å². The number of alkyl halides is 1. The van der Waals surface area contributed by atoms with E-state index in [1.165, 1.54) is 0 Å². The summed E-state index contributed by atoms with van der Waals surface area (Å²) >= 11 is 3.24. The first kappa shape index (κ1) is 12.2. The van der Waals surface area contributed by atoms with Crippen LogP contribution in [0.3, 0.4) is 0 Å². The highest BCUT2D eigenvalue weighted by Crippen LogP contribution is 2.15. The van der Waals surface area contributed by atoms with Gasteiger partial charge < -0.3 is 0 Å². The lowest BCUT2D eigenvalue weighted by Gasteiger charge is -2.15. The molecule has 0 aromatic heterocycles. The molecule has 0 aliphatic heterocycles. The van der Waals surface area contributed by atoms with E-state index in [0.717, 1.165) is 5.56 Å². The van der Waals surface area contributed by atoms with Gasteiger partial charge in [0.2, 0.25) is 0 Å². The molecule has 4 heteroatoms. The van der Waals surface area contributed by atoms with Crippen molar-refractivity contribution in [1.82, 2.24) is 5.48 Å². The summed E-state index contributed by atoms with van der Waals surface area (Å²) in [5, 5.41) is 0. The van der Waals surface area contributed by atoms with Gasteiger partial charge in [0, 0.05) is 0 Å². The van der Waals surface area contributed by atoms with Gasteiger partial charge in [0.1, 0.15) is 4.32 Å². The quantitative estimate of drug-likeness (QED) is 0.675. The molecule has 82 valence electrons. The Labute approximate surface area is 97.9 Å². The van der Waals surface area contributed by atoms with Gasteiger partial charge in [-0.1, -0.05) is 46.3 Å². The van der Waals surface area contributed by atoms with Crippen LogP contribution in [0.2, 0.25) is 0 Å². The van der Waals surface area contributed by atoms with Crippen molar-refractivity contribution in [2.24, 2.45) is 0 Å². The van der Waals surface area contributed by atoms with Crippen molar-refractivity contribution in [3.8, 4) is 0 Å². The molecule has 0 atom stereocenters. The molecule has 1 aromatic carbocycles. The zero-order chi connectivity index (χ0) is 11.3. The molecule has 0 unspecified atom stereocenters. The second-order valence-corrected chi connectivity index (χ2v) is 5.66. The van der Waals surface area contributed by atoms with Crippen molar-refractivity contribution in [2.45, 2.75) is 24.8 Å². The number of nitrogens with one attached hydrogen (secondary N) is 1. The summed E-state index contributed by atoms with van der Waals surface area (Å²) in [6.07, 6.45) is 0. The zero-order valence-corrected chi connectivity index (χ0v) is 10.4. The minimum absolute atomic E-state index is 0.196. The number of hydroxylamine groups is 1. The van der Waals surface area contributed by atoms with E-state index in [-0.39, 0.29) is 5.91 Å². The maximum absolute atomic E-state index is 11.4. The number of benzene rings is 1. The second-order valence-electron chi connectivity index (χ2n) is 3.68. The smallest absolute Gasteiger partial charge is 0.259 e. The van der Waals surface area contributed by atoms with Crippen LogP contribution in [0.5, 0.6) is 0 Å². The molecule has 1 aromatic rings. The molecule has 15 heavy (non-hydrogen) atoms. The van der Waals surface area contributed by atoms with Crippen molar-refractivity contribution < 1.29 is 9.63 Å². The van der Waals surface area contributed by atoms with E-state index in [2.05, 4.69) is 21.4 Å². The van der Waals surface area contributed by atoms with Crippen LogP contribution in [0.4, 0.5) is 0 Å². The normalized spacial score (nSPS) is 11.1. The van der Waals surface area contributed by atoms with E-state index in [4.69, 9.17) is 4.84 Å². The molecule has 1 N–H and O–H groups in total. The number of amides is 1. The third kappa shape index (κ3) is 4.44. The number of rotatable bonds is 4. The predicted molar refractivity (Wildman–Crippen MR) is 62.4 cm³/mol. The van der Waals surface area contributed by atoms with Gasteiger partial charge in [-0.25, -0.2) is 5.48 Å². The van der Waals surface area contributed by atoms with Crippen LogP contribution < -0.4 is 5.48 Å². The number of halogens is 1. The number of hydrogen-bond donors (Lipinski definition) is 1. The summed E-state index contributed by atoms with van der Waals surface area (Å²) in [6.45, 7) is 3.89. The van der Waals surface area contributed by atoms with Crippen molar-refractivity contribution in [1.29, 1.82) is 0 Å². The van der Waals surface area contributed by atoms with Gasteiger partial charge in [-0.05, 0) is 19.4 Å². The lowest BCUT2D eigenvalue weighted by atomic mass is 10.2. The fourth-order valence-electron chi connectivity index (χ4n) is 0.881. The lowest BCUT2D eigenvalue weighted by Crippen LogP contribution is -2.37. The average Bonchev–Trinajstić information content (AvgIpc) is 2.18. The van der Waals surface area contributed by atoms with Crippen LogP contribution in [0, 0.1) is 0 Å². The minimum Gasteiger partial charge on any atom is -0.271 e. The molecule has 0 saturated heterocycles. The van der Waals surface area contributed by atoms with Crippen LogP contribution >= 0.6 is 15.9 Å². The fraction of sp³-hybridized carbons (Fsp3) is 0.364. The predicted octanol–water partition coefficient (Wildman–Crippen LogP) is 2.41. The number of carbonyl (C=O) groups excluding carboxylic acids is 1. The third-order valence-electron chi connectivity index (χ3n) is 1.79. The molecule has 0 aliphatic rings. The van der Waals surface area contributed by atoms with E-state index in [9.17, 15) is 4.79 Å².